The van der Waals surface area contributed by atoms with E-state index in [1.54, 1.807) is 6.20 Å². The molecular formula is C18H25ClN4O. The molecule has 1 aliphatic rings. The third-order valence-electron chi connectivity index (χ3n) is 4.48. The number of nitrogens with one attached hydrogen (secondary N) is 1. The summed E-state index contributed by atoms with van der Waals surface area (Å²) in [5.74, 6) is 0.221. The molecule has 3 N–H and O–H groups in total. The van der Waals surface area contributed by atoms with Gasteiger partial charge in [0.15, 0.2) is 0 Å². The summed E-state index contributed by atoms with van der Waals surface area (Å²) in [6.07, 6.45) is 7.60. The quantitative estimate of drug-likeness (QED) is 0.871. The average Bonchev–Trinajstić information content (AvgIpc) is 3.07. The Balaban J connectivity index is 0.00000208. The van der Waals surface area contributed by atoms with Gasteiger partial charge in [0.05, 0.1) is 6.54 Å². The fourth-order valence-electron chi connectivity index (χ4n) is 3.14. The first-order valence-corrected chi connectivity index (χ1v) is 8.29. The Morgan fingerprint density at radius 3 is 2.67 bits per heavy atom. The molecule has 1 aliphatic carbocycles. The van der Waals surface area contributed by atoms with Crippen LogP contribution in [0, 0.1) is 5.92 Å². The van der Waals surface area contributed by atoms with E-state index in [0.717, 1.165) is 37.8 Å². The standard InChI is InChI=1S/C18H24N4O.ClH/c19-17-4-1-3-16(11-17)18(23)20-12-14-5-7-15(8-6-14)13-22-10-2-9-21-22;/h2,5-10,16-17H,1,3-4,11-13,19H2,(H,20,23);1H. The maximum Gasteiger partial charge on any atom is 0.223 e. The van der Waals surface area contributed by atoms with Gasteiger partial charge < -0.3 is 11.1 Å². The SMILES string of the molecule is Cl.NC1CCCC(C(=O)NCc2ccc(Cn3cccn3)cc2)C1. The van der Waals surface area contributed by atoms with Gasteiger partial charge in [0.1, 0.15) is 0 Å². The number of nitrogens with two attached hydrogens (primary N) is 1. The summed E-state index contributed by atoms with van der Waals surface area (Å²) in [7, 11) is 0. The van der Waals surface area contributed by atoms with Crippen molar-refractivity contribution in [3.05, 3.63) is 53.9 Å². The Morgan fingerprint density at radius 1 is 1.25 bits per heavy atom. The lowest BCUT2D eigenvalue weighted by molar-refractivity contribution is -0.126. The van der Waals surface area contributed by atoms with Crippen molar-refractivity contribution in [2.24, 2.45) is 11.7 Å². The van der Waals surface area contributed by atoms with Crippen LogP contribution in [0.5, 0.6) is 0 Å². The zero-order valence-corrected chi connectivity index (χ0v) is 14.5. The number of carbonyl (C=O) groups is 1. The first-order chi connectivity index (χ1) is 11.2. The van der Waals surface area contributed by atoms with Gasteiger partial charge in [0.25, 0.3) is 0 Å². The summed E-state index contributed by atoms with van der Waals surface area (Å²) in [6.45, 7) is 1.34. The van der Waals surface area contributed by atoms with Crippen molar-refractivity contribution >= 4 is 18.3 Å². The van der Waals surface area contributed by atoms with E-state index in [4.69, 9.17) is 5.73 Å². The summed E-state index contributed by atoms with van der Waals surface area (Å²) in [5.41, 5.74) is 8.27. The number of nitrogens with zero attached hydrogens (tertiary/aromatic N) is 2. The van der Waals surface area contributed by atoms with Crippen LogP contribution in [0.2, 0.25) is 0 Å². The monoisotopic (exact) mass is 348 g/mol. The summed E-state index contributed by atoms with van der Waals surface area (Å²) >= 11 is 0. The highest BCUT2D eigenvalue weighted by Gasteiger charge is 2.24. The highest BCUT2D eigenvalue weighted by atomic mass is 35.5. The lowest BCUT2D eigenvalue weighted by atomic mass is 9.85. The highest BCUT2D eigenvalue weighted by Crippen LogP contribution is 2.23. The van der Waals surface area contributed by atoms with Crippen molar-refractivity contribution < 1.29 is 4.79 Å². The molecule has 2 aromatic rings. The largest absolute Gasteiger partial charge is 0.352 e. The minimum Gasteiger partial charge on any atom is -0.352 e. The second-order valence-corrected chi connectivity index (χ2v) is 6.36. The second-order valence-electron chi connectivity index (χ2n) is 6.36. The Morgan fingerprint density at radius 2 is 2.00 bits per heavy atom. The van der Waals surface area contributed by atoms with Crippen molar-refractivity contribution in [2.45, 2.75) is 44.8 Å². The van der Waals surface area contributed by atoms with E-state index in [1.807, 2.05) is 16.9 Å². The minimum absolute atomic E-state index is 0. The molecule has 1 saturated carbocycles. The third-order valence-corrected chi connectivity index (χ3v) is 4.48. The van der Waals surface area contributed by atoms with Gasteiger partial charge in [-0.1, -0.05) is 30.7 Å². The van der Waals surface area contributed by atoms with E-state index >= 15 is 0 Å². The van der Waals surface area contributed by atoms with E-state index in [-0.39, 0.29) is 30.3 Å². The lowest BCUT2D eigenvalue weighted by Crippen LogP contribution is -2.37. The number of rotatable bonds is 5. The van der Waals surface area contributed by atoms with Gasteiger partial charge >= 0.3 is 0 Å². The third kappa shape index (κ3) is 5.08. The van der Waals surface area contributed by atoms with Crippen LogP contribution in [0.15, 0.2) is 42.7 Å². The van der Waals surface area contributed by atoms with Crippen molar-refractivity contribution in [3.8, 4) is 0 Å². The van der Waals surface area contributed by atoms with E-state index < -0.39 is 0 Å². The molecule has 6 heteroatoms. The molecule has 0 bridgehead atoms. The second kappa shape index (κ2) is 8.85. The molecule has 0 saturated heterocycles. The Bertz CT molecular complexity index is 627. The molecule has 0 aliphatic heterocycles. The van der Waals surface area contributed by atoms with Crippen molar-refractivity contribution in [1.82, 2.24) is 15.1 Å². The molecule has 1 aromatic heterocycles. The number of amides is 1. The maximum atomic E-state index is 12.2. The molecule has 1 fully saturated rings. The fourth-order valence-corrected chi connectivity index (χ4v) is 3.14. The van der Waals surface area contributed by atoms with Crippen LogP contribution in [-0.4, -0.2) is 21.7 Å². The van der Waals surface area contributed by atoms with Crippen LogP contribution in [0.25, 0.3) is 0 Å². The van der Waals surface area contributed by atoms with E-state index in [2.05, 4.69) is 34.7 Å². The van der Waals surface area contributed by atoms with Crippen LogP contribution in [0.3, 0.4) is 0 Å². The number of aromatic nitrogens is 2. The molecule has 0 spiro atoms. The molecule has 1 heterocycles. The van der Waals surface area contributed by atoms with Crippen LogP contribution in [0.4, 0.5) is 0 Å². The van der Waals surface area contributed by atoms with Gasteiger partial charge in [0, 0.05) is 30.9 Å². The summed E-state index contributed by atoms with van der Waals surface area (Å²) < 4.78 is 1.89. The number of halogens is 1. The molecule has 1 aromatic carbocycles. The molecule has 130 valence electrons. The molecular weight excluding hydrogens is 324 g/mol. The number of hydrogen-bond donors (Lipinski definition) is 2. The Hall–Kier alpha value is -1.85. The van der Waals surface area contributed by atoms with E-state index in [0.29, 0.717) is 6.54 Å². The zero-order valence-electron chi connectivity index (χ0n) is 13.7. The average molecular weight is 349 g/mol. The topological polar surface area (TPSA) is 72.9 Å². The molecule has 3 rings (SSSR count). The lowest BCUT2D eigenvalue weighted by Gasteiger charge is -2.25. The molecule has 2 unspecified atom stereocenters. The predicted molar refractivity (Wildman–Crippen MR) is 96.8 cm³/mol. The zero-order chi connectivity index (χ0) is 16.1. The Labute approximate surface area is 149 Å². The van der Waals surface area contributed by atoms with Gasteiger partial charge in [-0.3, -0.25) is 9.48 Å². The van der Waals surface area contributed by atoms with E-state index in [9.17, 15) is 4.79 Å². The number of benzene rings is 1. The van der Waals surface area contributed by atoms with Crippen molar-refractivity contribution in [3.63, 3.8) is 0 Å². The van der Waals surface area contributed by atoms with Crippen LogP contribution in [-0.2, 0) is 17.9 Å². The van der Waals surface area contributed by atoms with Crippen LogP contribution >= 0.6 is 12.4 Å². The van der Waals surface area contributed by atoms with Gasteiger partial charge in [-0.2, -0.15) is 5.10 Å². The normalized spacial score (nSPS) is 20.2. The molecule has 0 radical (unpaired) electrons. The summed E-state index contributed by atoms with van der Waals surface area (Å²) in [4.78, 5) is 12.2. The summed E-state index contributed by atoms with van der Waals surface area (Å²) in [5, 5.41) is 7.24. The predicted octanol–water partition coefficient (Wildman–Crippen LogP) is 2.49. The fraction of sp³-hybridized carbons (Fsp3) is 0.444. The van der Waals surface area contributed by atoms with Gasteiger partial charge in [-0.25, -0.2) is 0 Å². The van der Waals surface area contributed by atoms with Crippen LogP contribution < -0.4 is 11.1 Å². The van der Waals surface area contributed by atoms with E-state index in [1.165, 1.54) is 5.56 Å². The van der Waals surface area contributed by atoms with Crippen LogP contribution in [0.1, 0.15) is 36.8 Å². The maximum absolute atomic E-state index is 12.2. The molecule has 24 heavy (non-hydrogen) atoms. The molecule has 2 atom stereocenters. The number of hydrogen-bond acceptors (Lipinski definition) is 3. The van der Waals surface area contributed by atoms with Gasteiger partial charge in [-0.15, -0.1) is 12.4 Å². The van der Waals surface area contributed by atoms with Gasteiger partial charge in [-0.05, 0) is 36.5 Å². The smallest absolute Gasteiger partial charge is 0.223 e. The Kier molecular flexibility index (Phi) is 6.82. The molecule has 5 nitrogen and oxygen atoms in total. The number of carbonyl (C=O) groups excluding carboxylic acids is 1. The highest BCUT2D eigenvalue weighted by molar-refractivity contribution is 5.85. The van der Waals surface area contributed by atoms with Crippen molar-refractivity contribution in [1.29, 1.82) is 0 Å². The summed E-state index contributed by atoms with van der Waals surface area (Å²) in [6, 6.07) is 10.4. The van der Waals surface area contributed by atoms with Gasteiger partial charge in [0.2, 0.25) is 5.91 Å². The first kappa shape index (κ1) is 18.5. The minimum atomic E-state index is 0. The van der Waals surface area contributed by atoms with Crippen molar-refractivity contribution in [2.75, 3.05) is 0 Å². The molecule has 1 amide bonds. The first-order valence-electron chi connectivity index (χ1n) is 8.29.